The molecule has 0 bridgehead atoms. The van der Waals surface area contributed by atoms with Gasteiger partial charge in [0.1, 0.15) is 5.82 Å². The lowest BCUT2D eigenvalue weighted by Gasteiger charge is -2.36. The molecule has 0 atom stereocenters. The molecule has 3 heteroatoms. The third-order valence-electron chi connectivity index (χ3n) is 2.27. The second-order valence-corrected chi connectivity index (χ2v) is 4.58. The molecular formula is C13H17N3. The second kappa shape index (κ2) is 4.80. The number of aromatic nitrogens is 1. The van der Waals surface area contributed by atoms with Crippen molar-refractivity contribution in [2.75, 3.05) is 11.4 Å². The summed E-state index contributed by atoms with van der Waals surface area (Å²) < 4.78 is 0. The van der Waals surface area contributed by atoms with Crippen molar-refractivity contribution in [3.63, 3.8) is 0 Å². The average molecular weight is 215 g/mol. The number of hydrogen-bond donors (Lipinski definition) is 0. The molecule has 84 valence electrons. The van der Waals surface area contributed by atoms with Crippen LogP contribution in [0.4, 0.5) is 5.82 Å². The molecule has 0 fully saturated rings. The van der Waals surface area contributed by atoms with Crippen LogP contribution in [0.25, 0.3) is 0 Å². The Bertz CT molecular complexity index is 410. The number of pyridine rings is 1. The third kappa shape index (κ3) is 2.83. The van der Waals surface area contributed by atoms with E-state index in [1.165, 1.54) is 0 Å². The van der Waals surface area contributed by atoms with Crippen molar-refractivity contribution in [1.29, 1.82) is 5.26 Å². The van der Waals surface area contributed by atoms with Crippen LogP contribution >= 0.6 is 0 Å². The fourth-order valence-electron chi connectivity index (χ4n) is 1.48. The summed E-state index contributed by atoms with van der Waals surface area (Å²) in [6.07, 6.45) is 3.50. The number of rotatable bonds is 3. The van der Waals surface area contributed by atoms with E-state index in [2.05, 4.69) is 43.3 Å². The number of anilines is 1. The summed E-state index contributed by atoms with van der Waals surface area (Å²) in [5.41, 5.74) is 0.582. The normalized spacial score (nSPS) is 10.6. The lowest BCUT2D eigenvalue weighted by atomic mass is 10.1. The van der Waals surface area contributed by atoms with E-state index in [9.17, 15) is 0 Å². The van der Waals surface area contributed by atoms with E-state index >= 15 is 0 Å². The van der Waals surface area contributed by atoms with Crippen molar-refractivity contribution in [2.45, 2.75) is 26.3 Å². The molecule has 0 aliphatic carbocycles. The highest BCUT2D eigenvalue weighted by atomic mass is 15.2. The van der Waals surface area contributed by atoms with Gasteiger partial charge < -0.3 is 4.90 Å². The lowest BCUT2D eigenvalue weighted by molar-refractivity contribution is 0.517. The number of hydrogen-bond acceptors (Lipinski definition) is 3. The Morgan fingerprint density at radius 1 is 1.56 bits per heavy atom. The molecule has 0 radical (unpaired) electrons. The monoisotopic (exact) mass is 215 g/mol. The molecule has 0 unspecified atom stereocenters. The van der Waals surface area contributed by atoms with Crippen molar-refractivity contribution in [1.82, 2.24) is 4.98 Å². The van der Waals surface area contributed by atoms with E-state index in [-0.39, 0.29) is 5.54 Å². The van der Waals surface area contributed by atoms with E-state index < -0.39 is 0 Å². The first-order valence-electron chi connectivity index (χ1n) is 5.23. The molecule has 0 aromatic carbocycles. The highest BCUT2D eigenvalue weighted by molar-refractivity contribution is 5.47. The Morgan fingerprint density at radius 3 is 2.75 bits per heavy atom. The largest absolute Gasteiger partial charge is 0.348 e. The van der Waals surface area contributed by atoms with Gasteiger partial charge in [-0.2, -0.15) is 5.26 Å². The topological polar surface area (TPSA) is 39.9 Å². The van der Waals surface area contributed by atoms with Gasteiger partial charge in [0.25, 0.3) is 0 Å². The maximum Gasteiger partial charge on any atom is 0.130 e. The smallest absolute Gasteiger partial charge is 0.130 e. The molecule has 3 nitrogen and oxygen atoms in total. The molecule has 0 aliphatic heterocycles. The zero-order valence-electron chi connectivity index (χ0n) is 10.1. The molecule has 1 aromatic heterocycles. The molecule has 0 aliphatic rings. The molecule has 1 aromatic rings. The van der Waals surface area contributed by atoms with Crippen molar-refractivity contribution >= 4 is 5.82 Å². The zero-order valence-corrected chi connectivity index (χ0v) is 10.1. The SMILES string of the molecule is C=CCN(c1cc(C#N)ccn1)C(C)(C)C. The number of nitrogens with zero attached hydrogens (tertiary/aromatic N) is 3. The van der Waals surface area contributed by atoms with Crippen LogP contribution in [-0.4, -0.2) is 17.1 Å². The molecule has 0 saturated carbocycles. The number of nitriles is 1. The summed E-state index contributed by atoms with van der Waals surface area (Å²) in [4.78, 5) is 6.41. The highest BCUT2D eigenvalue weighted by Gasteiger charge is 2.21. The molecule has 16 heavy (non-hydrogen) atoms. The molecule has 0 amide bonds. The van der Waals surface area contributed by atoms with Gasteiger partial charge in [-0.05, 0) is 32.9 Å². The average Bonchev–Trinajstić information content (AvgIpc) is 2.24. The molecule has 0 saturated heterocycles. The maximum absolute atomic E-state index is 8.86. The van der Waals surface area contributed by atoms with Crippen molar-refractivity contribution < 1.29 is 0 Å². The van der Waals surface area contributed by atoms with E-state index in [1.807, 2.05) is 6.08 Å². The van der Waals surface area contributed by atoms with Crippen LogP contribution in [0.3, 0.4) is 0 Å². The van der Waals surface area contributed by atoms with E-state index in [0.29, 0.717) is 12.1 Å². The van der Waals surface area contributed by atoms with Gasteiger partial charge in [-0.25, -0.2) is 4.98 Å². The van der Waals surface area contributed by atoms with Crippen LogP contribution in [0.5, 0.6) is 0 Å². The molecule has 1 rings (SSSR count). The van der Waals surface area contributed by atoms with Gasteiger partial charge in [0.2, 0.25) is 0 Å². The fourth-order valence-corrected chi connectivity index (χ4v) is 1.48. The Kier molecular flexibility index (Phi) is 3.68. The van der Waals surface area contributed by atoms with Crippen LogP contribution in [0.15, 0.2) is 31.0 Å². The van der Waals surface area contributed by atoms with Crippen molar-refractivity contribution in [3.8, 4) is 6.07 Å². The van der Waals surface area contributed by atoms with Crippen LogP contribution in [-0.2, 0) is 0 Å². The summed E-state index contributed by atoms with van der Waals surface area (Å²) in [6.45, 7) is 10.8. The summed E-state index contributed by atoms with van der Waals surface area (Å²) in [6, 6.07) is 5.63. The minimum atomic E-state index is -0.0464. The first-order valence-corrected chi connectivity index (χ1v) is 5.23. The Hall–Kier alpha value is -1.82. The van der Waals surface area contributed by atoms with Gasteiger partial charge in [-0.1, -0.05) is 6.08 Å². The van der Waals surface area contributed by atoms with Crippen LogP contribution < -0.4 is 4.90 Å². The highest BCUT2D eigenvalue weighted by Crippen LogP contribution is 2.21. The van der Waals surface area contributed by atoms with Gasteiger partial charge in [-0.3, -0.25) is 0 Å². The van der Waals surface area contributed by atoms with Crippen LogP contribution in [0.2, 0.25) is 0 Å². The van der Waals surface area contributed by atoms with Gasteiger partial charge >= 0.3 is 0 Å². The van der Waals surface area contributed by atoms with Gasteiger partial charge in [-0.15, -0.1) is 6.58 Å². The van der Waals surface area contributed by atoms with Crippen LogP contribution in [0.1, 0.15) is 26.3 Å². The Morgan fingerprint density at radius 2 is 2.25 bits per heavy atom. The molecule has 0 N–H and O–H groups in total. The summed E-state index contributed by atoms with van der Waals surface area (Å²) >= 11 is 0. The zero-order chi connectivity index (χ0) is 12.2. The van der Waals surface area contributed by atoms with Gasteiger partial charge in [0.15, 0.2) is 0 Å². The quantitative estimate of drug-likeness (QED) is 0.728. The standard InChI is InChI=1S/C13H17N3/c1-5-8-16(13(2,3)4)12-9-11(10-14)6-7-15-12/h5-7,9H,1,8H2,2-4H3. The van der Waals surface area contributed by atoms with Crippen LogP contribution in [0, 0.1) is 11.3 Å². The van der Waals surface area contributed by atoms with E-state index in [4.69, 9.17) is 5.26 Å². The van der Waals surface area contributed by atoms with Gasteiger partial charge in [0, 0.05) is 18.3 Å². The third-order valence-corrected chi connectivity index (χ3v) is 2.27. The summed E-state index contributed by atoms with van der Waals surface area (Å²) in [5, 5.41) is 8.86. The predicted octanol–water partition coefficient (Wildman–Crippen LogP) is 2.74. The van der Waals surface area contributed by atoms with Gasteiger partial charge in [0.05, 0.1) is 11.6 Å². The minimum Gasteiger partial charge on any atom is -0.348 e. The summed E-state index contributed by atoms with van der Waals surface area (Å²) in [7, 11) is 0. The van der Waals surface area contributed by atoms with E-state index in [0.717, 1.165) is 5.82 Å². The maximum atomic E-state index is 8.86. The first kappa shape index (κ1) is 12.3. The van der Waals surface area contributed by atoms with Crippen molar-refractivity contribution in [3.05, 3.63) is 36.5 Å². The molecular weight excluding hydrogens is 198 g/mol. The fraction of sp³-hybridized carbons (Fsp3) is 0.385. The van der Waals surface area contributed by atoms with Crippen molar-refractivity contribution in [2.24, 2.45) is 0 Å². The second-order valence-electron chi connectivity index (χ2n) is 4.58. The Balaban J connectivity index is 3.11. The molecule has 0 spiro atoms. The summed E-state index contributed by atoms with van der Waals surface area (Å²) in [5.74, 6) is 0.812. The van der Waals surface area contributed by atoms with E-state index in [1.54, 1.807) is 18.3 Å². The predicted molar refractivity (Wildman–Crippen MR) is 66.2 cm³/mol. The first-order chi connectivity index (χ1) is 7.49. The lowest BCUT2D eigenvalue weighted by Crippen LogP contribution is -2.42. The molecule has 1 heterocycles. The minimum absolute atomic E-state index is 0.0464. The Labute approximate surface area is 97.0 Å².